The van der Waals surface area contributed by atoms with E-state index in [2.05, 4.69) is 4.72 Å². The topological polar surface area (TPSA) is 66.4 Å². The zero-order chi connectivity index (χ0) is 10.9. The van der Waals surface area contributed by atoms with Crippen molar-refractivity contribution in [2.45, 2.75) is 29.5 Å². The Labute approximate surface area is 93.0 Å². The highest BCUT2D eigenvalue weighted by molar-refractivity contribution is 7.91. The minimum atomic E-state index is -3.31. The maximum absolute atomic E-state index is 11.7. The van der Waals surface area contributed by atoms with Crippen LogP contribution in [0.4, 0.5) is 0 Å². The van der Waals surface area contributed by atoms with Gasteiger partial charge in [0.25, 0.3) is 0 Å². The average Bonchev–Trinajstić information content (AvgIpc) is 2.82. The van der Waals surface area contributed by atoms with E-state index in [1.807, 2.05) is 0 Å². The number of hydrogen-bond acceptors (Lipinski definition) is 4. The first kappa shape index (κ1) is 11.1. The first-order valence-corrected chi connectivity index (χ1v) is 7.14. The van der Waals surface area contributed by atoms with Crippen molar-refractivity contribution in [2.75, 3.05) is 6.61 Å². The fraction of sp³-hybridized carbons (Fsp3) is 0.556. The molecule has 15 heavy (non-hydrogen) atoms. The lowest BCUT2D eigenvalue weighted by Gasteiger charge is -2.01. The predicted octanol–water partition coefficient (Wildman–Crippen LogP) is 0.724. The summed E-state index contributed by atoms with van der Waals surface area (Å²) in [5, 5.41) is 8.73. The van der Waals surface area contributed by atoms with Gasteiger partial charge in [-0.05, 0) is 25.0 Å². The third-order valence-corrected chi connectivity index (χ3v) is 5.32. The molecule has 6 heteroatoms. The van der Waals surface area contributed by atoms with Gasteiger partial charge in [0.05, 0.1) is 0 Å². The summed E-state index contributed by atoms with van der Waals surface area (Å²) in [6.45, 7) is 0.0516. The molecule has 0 aliphatic heterocycles. The second kappa shape index (κ2) is 4.21. The Balaban J connectivity index is 2.12. The SMILES string of the molecule is O=S(=O)(NC1CC1)c1ccc(CCO)s1. The Morgan fingerprint density at radius 1 is 1.47 bits per heavy atom. The van der Waals surface area contributed by atoms with Crippen molar-refractivity contribution in [3.8, 4) is 0 Å². The van der Waals surface area contributed by atoms with Gasteiger partial charge in [0.1, 0.15) is 4.21 Å². The fourth-order valence-electron chi connectivity index (χ4n) is 1.23. The van der Waals surface area contributed by atoms with Crippen LogP contribution in [0.3, 0.4) is 0 Å². The molecule has 1 heterocycles. The molecule has 0 radical (unpaired) electrons. The summed E-state index contributed by atoms with van der Waals surface area (Å²) < 4.78 is 26.4. The zero-order valence-electron chi connectivity index (χ0n) is 8.14. The molecule has 1 fully saturated rings. The third kappa shape index (κ3) is 2.78. The molecule has 1 aliphatic rings. The van der Waals surface area contributed by atoms with Gasteiger partial charge in [0.15, 0.2) is 0 Å². The molecular weight excluding hydrogens is 234 g/mol. The molecule has 0 aromatic carbocycles. The molecule has 0 bridgehead atoms. The maximum Gasteiger partial charge on any atom is 0.250 e. The minimum Gasteiger partial charge on any atom is -0.396 e. The van der Waals surface area contributed by atoms with Crippen molar-refractivity contribution in [1.82, 2.24) is 4.72 Å². The van der Waals surface area contributed by atoms with Gasteiger partial charge in [-0.3, -0.25) is 0 Å². The summed E-state index contributed by atoms with van der Waals surface area (Å²) in [6.07, 6.45) is 2.39. The van der Waals surface area contributed by atoms with Crippen LogP contribution in [0.25, 0.3) is 0 Å². The van der Waals surface area contributed by atoms with Crippen LogP contribution in [-0.4, -0.2) is 26.2 Å². The maximum atomic E-state index is 11.7. The molecule has 4 nitrogen and oxygen atoms in total. The summed E-state index contributed by atoms with van der Waals surface area (Å²) in [6, 6.07) is 3.49. The molecule has 1 saturated carbocycles. The fourth-order valence-corrected chi connectivity index (χ4v) is 3.89. The standard InChI is InChI=1S/C9H13NO3S2/c11-6-5-8-3-4-9(14-8)15(12,13)10-7-1-2-7/h3-4,7,10-11H,1-2,5-6H2. The Morgan fingerprint density at radius 3 is 2.80 bits per heavy atom. The molecule has 84 valence electrons. The lowest BCUT2D eigenvalue weighted by atomic mass is 10.4. The highest BCUT2D eigenvalue weighted by Gasteiger charge is 2.28. The van der Waals surface area contributed by atoms with Gasteiger partial charge in [0.2, 0.25) is 10.0 Å². The van der Waals surface area contributed by atoms with E-state index in [1.165, 1.54) is 11.3 Å². The van der Waals surface area contributed by atoms with Crippen LogP contribution in [0, 0.1) is 0 Å². The molecule has 0 amide bonds. The van der Waals surface area contributed by atoms with Crippen LogP contribution in [0.1, 0.15) is 17.7 Å². The molecule has 2 rings (SSSR count). The zero-order valence-corrected chi connectivity index (χ0v) is 9.77. The molecule has 0 saturated heterocycles. The molecule has 0 unspecified atom stereocenters. The molecule has 1 aliphatic carbocycles. The number of aliphatic hydroxyl groups excluding tert-OH is 1. The third-order valence-electron chi connectivity index (χ3n) is 2.16. The molecule has 0 spiro atoms. The molecule has 2 N–H and O–H groups in total. The van der Waals surface area contributed by atoms with E-state index in [9.17, 15) is 8.42 Å². The predicted molar refractivity (Wildman–Crippen MR) is 58.5 cm³/mol. The first-order chi connectivity index (χ1) is 7.12. The van der Waals surface area contributed by atoms with E-state index < -0.39 is 10.0 Å². The summed E-state index contributed by atoms with van der Waals surface area (Å²) >= 11 is 1.22. The normalized spacial score (nSPS) is 16.9. The largest absolute Gasteiger partial charge is 0.396 e. The van der Waals surface area contributed by atoms with E-state index >= 15 is 0 Å². The number of thiophene rings is 1. The minimum absolute atomic E-state index is 0.0516. The van der Waals surface area contributed by atoms with Crippen molar-refractivity contribution in [1.29, 1.82) is 0 Å². The van der Waals surface area contributed by atoms with Crippen molar-refractivity contribution < 1.29 is 13.5 Å². The molecule has 1 aromatic heterocycles. The number of nitrogens with one attached hydrogen (secondary N) is 1. The summed E-state index contributed by atoms with van der Waals surface area (Å²) in [4.78, 5) is 0.897. The van der Waals surface area contributed by atoms with Gasteiger partial charge in [-0.25, -0.2) is 13.1 Å². The lowest BCUT2D eigenvalue weighted by Crippen LogP contribution is -2.24. The monoisotopic (exact) mass is 247 g/mol. The van der Waals surface area contributed by atoms with Crippen LogP contribution < -0.4 is 4.72 Å². The van der Waals surface area contributed by atoms with Gasteiger partial charge >= 0.3 is 0 Å². The van der Waals surface area contributed by atoms with Crippen molar-refractivity contribution >= 4 is 21.4 Å². The van der Waals surface area contributed by atoms with Crippen LogP contribution >= 0.6 is 11.3 Å². The average molecular weight is 247 g/mol. The van der Waals surface area contributed by atoms with E-state index in [0.717, 1.165) is 17.7 Å². The van der Waals surface area contributed by atoms with Crippen molar-refractivity contribution in [3.05, 3.63) is 17.0 Å². The Kier molecular flexibility index (Phi) is 3.11. The van der Waals surface area contributed by atoms with Crippen LogP contribution in [0.15, 0.2) is 16.3 Å². The van der Waals surface area contributed by atoms with E-state index in [-0.39, 0.29) is 12.6 Å². The van der Waals surface area contributed by atoms with Gasteiger partial charge < -0.3 is 5.11 Å². The van der Waals surface area contributed by atoms with Gasteiger partial charge in [0, 0.05) is 23.9 Å². The van der Waals surface area contributed by atoms with E-state index in [1.54, 1.807) is 12.1 Å². The van der Waals surface area contributed by atoms with E-state index in [0.29, 0.717) is 10.6 Å². The number of aliphatic hydroxyl groups is 1. The highest BCUT2D eigenvalue weighted by Crippen LogP contribution is 2.26. The highest BCUT2D eigenvalue weighted by atomic mass is 32.2. The Bertz CT molecular complexity index is 434. The van der Waals surface area contributed by atoms with Gasteiger partial charge in [-0.1, -0.05) is 0 Å². The Morgan fingerprint density at radius 2 is 2.20 bits per heavy atom. The van der Waals surface area contributed by atoms with E-state index in [4.69, 9.17) is 5.11 Å². The molecular formula is C9H13NO3S2. The first-order valence-electron chi connectivity index (χ1n) is 4.84. The number of rotatable bonds is 5. The second-order valence-electron chi connectivity index (χ2n) is 3.59. The molecule has 1 aromatic rings. The smallest absolute Gasteiger partial charge is 0.250 e. The number of hydrogen-bond donors (Lipinski definition) is 2. The quantitative estimate of drug-likeness (QED) is 0.806. The second-order valence-corrected chi connectivity index (χ2v) is 6.70. The van der Waals surface area contributed by atoms with Gasteiger partial charge in [-0.2, -0.15) is 0 Å². The summed E-state index contributed by atoms with van der Waals surface area (Å²) in [7, 11) is -3.31. The van der Waals surface area contributed by atoms with Crippen LogP contribution in [-0.2, 0) is 16.4 Å². The van der Waals surface area contributed by atoms with Crippen LogP contribution in [0.5, 0.6) is 0 Å². The van der Waals surface area contributed by atoms with Crippen LogP contribution in [0.2, 0.25) is 0 Å². The summed E-state index contributed by atoms with van der Waals surface area (Å²) in [5.74, 6) is 0. The molecule has 0 atom stereocenters. The van der Waals surface area contributed by atoms with Crippen molar-refractivity contribution in [2.24, 2.45) is 0 Å². The summed E-state index contributed by atoms with van der Waals surface area (Å²) in [5.41, 5.74) is 0. The number of sulfonamides is 1. The lowest BCUT2D eigenvalue weighted by molar-refractivity contribution is 0.300. The van der Waals surface area contributed by atoms with Crippen molar-refractivity contribution in [3.63, 3.8) is 0 Å². The van der Waals surface area contributed by atoms with Gasteiger partial charge in [-0.15, -0.1) is 11.3 Å². The Hall–Kier alpha value is -0.430.